The van der Waals surface area contributed by atoms with E-state index in [0.717, 1.165) is 36.7 Å². The predicted octanol–water partition coefficient (Wildman–Crippen LogP) is 2.21. The number of hydrogen-bond acceptors (Lipinski definition) is 5. The lowest BCUT2D eigenvalue weighted by Crippen LogP contribution is -2.40. The molecule has 7 nitrogen and oxygen atoms in total. The Hall–Kier alpha value is -1.57. The van der Waals surface area contributed by atoms with Gasteiger partial charge in [-0.15, -0.1) is 10.2 Å². The van der Waals surface area contributed by atoms with Crippen LogP contribution in [0.4, 0.5) is 4.79 Å². The molecule has 2 aliphatic carbocycles. The first-order valence-corrected chi connectivity index (χ1v) is 9.33. The number of rotatable bonds is 8. The van der Waals surface area contributed by atoms with Crippen LogP contribution >= 0.6 is 11.8 Å². The molecule has 0 atom stereocenters. The molecule has 0 unspecified atom stereocenters. The number of aromatic nitrogens is 3. The summed E-state index contributed by atoms with van der Waals surface area (Å²) in [6.07, 6.45) is 6.62. The van der Waals surface area contributed by atoms with E-state index in [1.54, 1.807) is 0 Å². The second-order valence-electron chi connectivity index (χ2n) is 6.16. The maximum atomic E-state index is 11.9. The van der Waals surface area contributed by atoms with E-state index in [1.165, 1.54) is 24.6 Å². The van der Waals surface area contributed by atoms with Gasteiger partial charge in [-0.2, -0.15) is 0 Å². The first kappa shape index (κ1) is 16.3. The van der Waals surface area contributed by atoms with E-state index in [9.17, 15) is 9.59 Å². The van der Waals surface area contributed by atoms with E-state index in [1.807, 2.05) is 6.92 Å². The highest BCUT2D eigenvalue weighted by atomic mass is 32.2. The smallest absolute Gasteiger partial charge is 0.321 e. The van der Waals surface area contributed by atoms with Gasteiger partial charge >= 0.3 is 6.03 Å². The average Bonchev–Trinajstić information content (AvgIpc) is 3.44. The number of carbonyl (C=O) groups is 2. The van der Waals surface area contributed by atoms with Crippen LogP contribution in [0.2, 0.25) is 0 Å². The predicted molar refractivity (Wildman–Crippen MR) is 87.4 cm³/mol. The summed E-state index contributed by atoms with van der Waals surface area (Å²) < 4.78 is 2.21. The van der Waals surface area contributed by atoms with Crippen molar-refractivity contribution < 1.29 is 9.59 Å². The van der Waals surface area contributed by atoms with Crippen molar-refractivity contribution in [3.63, 3.8) is 0 Å². The molecule has 126 valence electrons. The summed E-state index contributed by atoms with van der Waals surface area (Å²) in [6.45, 7) is 2.64. The van der Waals surface area contributed by atoms with E-state index in [0.29, 0.717) is 18.5 Å². The normalized spacial score (nSPS) is 17.1. The Labute approximate surface area is 140 Å². The second kappa shape index (κ2) is 7.33. The van der Waals surface area contributed by atoms with Gasteiger partial charge in [-0.25, -0.2) is 4.79 Å². The standard InChI is InChI=1S/C15H23N5O2S/c1-2-3-8-16-14(22)17-12(21)9-23-15-19-18-13(10-4-5-10)20(15)11-6-7-11/h10-11H,2-9H2,1H3,(H2,16,17,21,22). The summed E-state index contributed by atoms with van der Waals surface area (Å²) in [5.41, 5.74) is 0. The third-order valence-corrected chi connectivity index (χ3v) is 4.89. The molecule has 0 saturated heterocycles. The van der Waals surface area contributed by atoms with Crippen molar-refractivity contribution in [3.05, 3.63) is 5.82 Å². The molecule has 8 heteroatoms. The fourth-order valence-electron chi connectivity index (χ4n) is 2.40. The third kappa shape index (κ3) is 4.46. The SMILES string of the molecule is CCCCNC(=O)NC(=O)CSc1nnc(C2CC2)n1C1CC1. The third-order valence-electron chi connectivity index (χ3n) is 3.95. The Morgan fingerprint density at radius 1 is 1.26 bits per heavy atom. The molecule has 2 N–H and O–H groups in total. The van der Waals surface area contributed by atoms with E-state index in [2.05, 4.69) is 25.4 Å². The molecule has 1 heterocycles. The first-order chi connectivity index (χ1) is 11.2. The van der Waals surface area contributed by atoms with Crippen molar-refractivity contribution in [2.45, 2.75) is 62.6 Å². The summed E-state index contributed by atoms with van der Waals surface area (Å²) in [5.74, 6) is 1.50. The van der Waals surface area contributed by atoms with E-state index < -0.39 is 6.03 Å². The highest BCUT2D eigenvalue weighted by molar-refractivity contribution is 7.99. The Morgan fingerprint density at radius 2 is 2.04 bits per heavy atom. The molecule has 23 heavy (non-hydrogen) atoms. The molecule has 2 fully saturated rings. The lowest BCUT2D eigenvalue weighted by molar-refractivity contribution is -0.117. The number of hydrogen-bond donors (Lipinski definition) is 2. The molecular formula is C15H23N5O2S. The van der Waals surface area contributed by atoms with Crippen LogP contribution in [0.15, 0.2) is 5.16 Å². The molecule has 0 aliphatic heterocycles. The number of carbonyl (C=O) groups excluding carboxylic acids is 2. The fourth-order valence-corrected chi connectivity index (χ4v) is 3.21. The van der Waals surface area contributed by atoms with Gasteiger partial charge in [0.15, 0.2) is 5.16 Å². The zero-order valence-electron chi connectivity index (χ0n) is 13.4. The molecule has 3 rings (SSSR count). The van der Waals surface area contributed by atoms with Crippen molar-refractivity contribution in [2.24, 2.45) is 0 Å². The van der Waals surface area contributed by atoms with Gasteiger partial charge in [0.05, 0.1) is 5.75 Å². The average molecular weight is 337 g/mol. The minimum absolute atomic E-state index is 0.177. The van der Waals surface area contributed by atoms with Crippen LogP contribution in [-0.4, -0.2) is 39.0 Å². The molecule has 0 bridgehead atoms. The van der Waals surface area contributed by atoms with E-state index >= 15 is 0 Å². The molecule has 2 saturated carbocycles. The highest BCUT2D eigenvalue weighted by Gasteiger charge is 2.36. The lowest BCUT2D eigenvalue weighted by Gasteiger charge is -2.08. The number of nitrogens with zero attached hydrogens (tertiary/aromatic N) is 3. The van der Waals surface area contributed by atoms with Crippen molar-refractivity contribution in [1.82, 2.24) is 25.4 Å². The molecule has 0 aromatic carbocycles. The van der Waals surface area contributed by atoms with Gasteiger partial charge in [-0.3, -0.25) is 10.1 Å². The van der Waals surface area contributed by atoms with Gasteiger partial charge in [0, 0.05) is 18.5 Å². The Kier molecular flexibility index (Phi) is 5.20. The number of unbranched alkanes of at least 4 members (excludes halogenated alkanes) is 1. The molecule has 0 radical (unpaired) electrons. The second-order valence-corrected chi connectivity index (χ2v) is 7.11. The van der Waals surface area contributed by atoms with Crippen molar-refractivity contribution in [3.8, 4) is 0 Å². The number of urea groups is 1. The monoisotopic (exact) mass is 337 g/mol. The number of imide groups is 1. The quantitative estimate of drug-likeness (QED) is 0.561. The zero-order valence-corrected chi connectivity index (χ0v) is 14.2. The maximum absolute atomic E-state index is 11.9. The largest absolute Gasteiger partial charge is 0.338 e. The van der Waals surface area contributed by atoms with E-state index in [4.69, 9.17) is 0 Å². The van der Waals surface area contributed by atoms with Crippen LogP contribution in [0.3, 0.4) is 0 Å². The van der Waals surface area contributed by atoms with Crippen molar-refractivity contribution in [1.29, 1.82) is 0 Å². The topological polar surface area (TPSA) is 88.9 Å². The summed E-state index contributed by atoms with van der Waals surface area (Å²) in [7, 11) is 0. The minimum Gasteiger partial charge on any atom is -0.338 e. The molecule has 0 spiro atoms. The van der Waals surface area contributed by atoms with Crippen LogP contribution in [-0.2, 0) is 4.79 Å². The van der Waals surface area contributed by atoms with Gasteiger partial charge in [0.1, 0.15) is 5.82 Å². The first-order valence-electron chi connectivity index (χ1n) is 8.34. The number of thioether (sulfide) groups is 1. The van der Waals surface area contributed by atoms with Gasteiger partial charge in [0.25, 0.3) is 0 Å². The Bertz CT molecular complexity index is 580. The number of amides is 3. The zero-order chi connectivity index (χ0) is 16.2. The van der Waals surface area contributed by atoms with Gasteiger partial charge in [-0.1, -0.05) is 25.1 Å². The van der Waals surface area contributed by atoms with Crippen LogP contribution in [0, 0.1) is 0 Å². The van der Waals surface area contributed by atoms with Crippen molar-refractivity contribution in [2.75, 3.05) is 12.3 Å². The number of nitrogens with one attached hydrogen (secondary N) is 2. The van der Waals surface area contributed by atoms with Gasteiger partial charge in [0.2, 0.25) is 5.91 Å². The minimum atomic E-state index is -0.425. The van der Waals surface area contributed by atoms with E-state index in [-0.39, 0.29) is 11.7 Å². The summed E-state index contributed by atoms with van der Waals surface area (Å²) in [5, 5.41) is 14.4. The van der Waals surface area contributed by atoms with Crippen LogP contribution in [0.25, 0.3) is 0 Å². The Morgan fingerprint density at radius 3 is 2.70 bits per heavy atom. The molecule has 1 aromatic rings. The maximum Gasteiger partial charge on any atom is 0.321 e. The summed E-state index contributed by atoms with van der Waals surface area (Å²) in [4.78, 5) is 23.4. The molecular weight excluding hydrogens is 314 g/mol. The molecule has 3 amide bonds. The fraction of sp³-hybridized carbons (Fsp3) is 0.733. The summed E-state index contributed by atoms with van der Waals surface area (Å²) >= 11 is 1.36. The van der Waals surface area contributed by atoms with Crippen LogP contribution in [0.5, 0.6) is 0 Å². The Balaban J connectivity index is 1.48. The van der Waals surface area contributed by atoms with Gasteiger partial charge < -0.3 is 9.88 Å². The van der Waals surface area contributed by atoms with Gasteiger partial charge in [-0.05, 0) is 32.1 Å². The summed E-state index contributed by atoms with van der Waals surface area (Å²) in [6, 6.07) is 0.0786. The molecule has 2 aliphatic rings. The van der Waals surface area contributed by atoms with Crippen molar-refractivity contribution >= 4 is 23.7 Å². The van der Waals surface area contributed by atoms with Crippen LogP contribution < -0.4 is 10.6 Å². The lowest BCUT2D eigenvalue weighted by atomic mass is 10.3. The molecule has 1 aromatic heterocycles. The van der Waals surface area contributed by atoms with Crippen LogP contribution in [0.1, 0.15) is 63.2 Å². The highest BCUT2D eigenvalue weighted by Crippen LogP contribution is 2.45.